The molecule has 1 nitrogen and oxygen atoms in total. The Balaban J connectivity index is 2.15. The van der Waals surface area contributed by atoms with E-state index in [-0.39, 0.29) is 0 Å². The first kappa shape index (κ1) is 8.18. The summed E-state index contributed by atoms with van der Waals surface area (Å²) in [6, 6.07) is 0. The number of hydrogen-bond donors (Lipinski definition) is 0. The topological polar surface area (TPSA) is 9.23 Å². The quantitative estimate of drug-likeness (QED) is 0.536. The average Bonchev–Trinajstić information content (AvgIpc) is 1.94. The average molecular weight is 148 g/mol. The van der Waals surface area contributed by atoms with Gasteiger partial charge in [0.25, 0.3) is 0 Å². The summed E-state index contributed by atoms with van der Waals surface area (Å²) in [4.78, 5) is 0. The molecule has 0 N–H and O–H groups in total. The Morgan fingerprint density at radius 1 is 1.55 bits per heavy atom. The molecule has 1 aliphatic carbocycles. The third kappa shape index (κ3) is 2.30. The molecule has 0 aromatic rings. The largest absolute Gasteiger partial charge is 0.384 e. The molecule has 0 bridgehead atoms. The van der Waals surface area contributed by atoms with Gasteiger partial charge in [-0.2, -0.15) is 0 Å². The summed E-state index contributed by atoms with van der Waals surface area (Å²) in [5.74, 6) is 9.24. The monoisotopic (exact) mass is 148 g/mol. The van der Waals surface area contributed by atoms with Crippen molar-refractivity contribution in [1.29, 1.82) is 0 Å². The van der Waals surface area contributed by atoms with Gasteiger partial charge in [-0.25, -0.2) is 0 Å². The fraction of sp³-hybridized carbons (Fsp3) is 0.600. The molecule has 0 amide bonds. The van der Waals surface area contributed by atoms with Crippen molar-refractivity contribution in [1.82, 2.24) is 0 Å². The van der Waals surface area contributed by atoms with Crippen LogP contribution in [0, 0.1) is 36.0 Å². The molecule has 0 radical (unpaired) electrons. The van der Waals surface area contributed by atoms with Crippen molar-refractivity contribution in [2.45, 2.75) is 12.8 Å². The van der Waals surface area contributed by atoms with E-state index in [4.69, 9.17) is 11.2 Å². The SMILES string of the molecule is C#CC#CC1CC(COC)C1. The van der Waals surface area contributed by atoms with E-state index < -0.39 is 0 Å². The van der Waals surface area contributed by atoms with Crippen LogP contribution in [-0.2, 0) is 4.74 Å². The Hall–Kier alpha value is -0.920. The number of hydrogen-bond acceptors (Lipinski definition) is 1. The van der Waals surface area contributed by atoms with Crippen LogP contribution in [0.4, 0.5) is 0 Å². The molecular formula is C10H12O. The third-order valence-corrected chi connectivity index (χ3v) is 1.99. The van der Waals surface area contributed by atoms with Crippen molar-refractivity contribution in [2.75, 3.05) is 13.7 Å². The zero-order valence-electron chi connectivity index (χ0n) is 6.76. The normalized spacial score (nSPS) is 27.6. The second kappa shape index (κ2) is 4.06. The van der Waals surface area contributed by atoms with E-state index >= 15 is 0 Å². The van der Waals surface area contributed by atoms with Crippen LogP contribution in [0.25, 0.3) is 0 Å². The maximum absolute atomic E-state index is 5.01. The van der Waals surface area contributed by atoms with Gasteiger partial charge in [0.2, 0.25) is 0 Å². The molecular weight excluding hydrogens is 136 g/mol. The van der Waals surface area contributed by atoms with E-state index in [9.17, 15) is 0 Å². The molecule has 0 heterocycles. The molecule has 1 heteroatoms. The van der Waals surface area contributed by atoms with Crippen molar-refractivity contribution in [3.63, 3.8) is 0 Å². The van der Waals surface area contributed by atoms with Gasteiger partial charge in [-0.3, -0.25) is 0 Å². The van der Waals surface area contributed by atoms with Crippen LogP contribution in [0.15, 0.2) is 0 Å². The van der Waals surface area contributed by atoms with E-state index in [1.165, 1.54) is 0 Å². The Morgan fingerprint density at radius 2 is 2.27 bits per heavy atom. The predicted molar refractivity (Wildman–Crippen MR) is 44.7 cm³/mol. The van der Waals surface area contributed by atoms with E-state index in [1.807, 2.05) is 0 Å². The van der Waals surface area contributed by atoms with Crippen molar-refractivity contribution in [3.05, 3.63) is 0 Å². The van der Waals surface area contributed by atoms with Gasteiger partial charge in [0, 0.05) is 19.6 Å². The highest BCUT2D eigenvalue weighted by atomic mass is 16.5. The molecule has 0 aliphatic heterocycles. The molecule has 0 aromatic carbocycles. The summed E-state index contributed by atoms with van der Waals surface area (Å²) in [5.41, 5.74) is 0. The highest BCUT2D eigenvalue weighted by molar-refractivity contribution is 5.24. The standard InChI is InChI=1S/C10H12O/c1-3-4-5-9-6-10(7-9)8-11-2/h1,9-10H,6-8H2,2H3. The predicted octanol–water partition coefficient (Wildman–Crippen LogP) is 1.30. The summed E-state index contributed by atoms with van der Waals surface area (Å²) < 4.78 is 5.01. The molecule has 0 saturated heterocycles. The van der Waals surface area contributed by atoms with Gasteiger partial charge >= 0.3 is 0 Å². The van der Waals surface area contributed by atoms with E-state index in [0.29, 0.717) is 5.92 Å². The van der Waals surface area contributed by atoms with Crippen LogP contribution in [-0.4, -0.2) is 13.7 Å². The van der Waals surface area contributed by atoms with Crippen LogP contribution in [0.1, 0.15) is 12.8 Å². The number of methoxy groups -OCH3 is 1. The Bertz CT molecular complexity index is 207. The van der Waals surface area contributed by atoms with E-state index in [0.717, 1.165) is 25.4 Å². The van der Waals surface area contributed by atoms with Gasteiger partial charge in [-0.05, 0) is 30.6 Å². The van der Waals surface area contributed by atoms with Crippen LogP contribution >= 0.6 is 0 Å². The van der Waals surface area contributed by atoms with Crippen LogP contribution in [0.3, 0.4) is 0 Å². The number of ether oxygens (including phenoxy) is 1. The Kier molecular flexibility index (Phi) is 3.02. The number of rotatable bonds is 2. The van der Waals surface area contributed by atoms with Crippen molar-refractivity contribution >= 4 is 0 Å². The maximum atomic E-state index is 5.01. The van der Waals surface area contributed by atoms with Crippen LogP contribution in [0.5, 0.6) is 0 Å². The van der Waals surface area contributed by atoms with Gasteiger partial charge in [0.05, 0.1) is 0 Å². The molecule has 0 unspecified atom stereocenters. The minimum Gasteiger partial charge on any atom is -0.384 e. The summed E-state index contributed by atoms with van der Waals surface area (Å²) in [7, 11) is 1.74. The minimum atomic E-state index is 0.534. The summed E-state index contributed by atoms with van der Waals surface area (Å²) in [5, 5.41) is 0. The highest BCUT2D eigenvalue weighted by Crippen LogP contribution is 2.32. The maximum Gasteiger partial charge on any atom is 0.0491 e. The zero-order valence-corrected chi connectivity index (χ0v) is 6.76. The molecule has 1 aliphatic rings. The van der Waals surface area contributed by atoms with Gasteiger partial charge in [-0.15, -0.1) is 6.42 Å². The molecule has 1 fully saturated rings. The summed E-state index contributed by atoms with van der Waals surface area (Å²) in [6.45, 7) is 0.869. The van der Waals surface area contributed by atoms with Gasteiger partial charge in [0.15, 0.2) is 0 Å². The van der Waals surface area contributed by atoms with Crippen molar-refractivity contribution in [3.8, 4) is 24.2 Å². The first-order valence-corrected chi connectivity index (χ1v) is 3.82. The van der Waals surface area contributed by atoms with Crippen LogP contribution < -0.4 is 0 Å². The number of terminal acetylenes is 1. The van der Waals surface area contributed by atoms with E-state index in [2.05, 4.69) is 17.8 Å². The zero-order chi connectivity index (χ0) is 8.10. The van der Waals surface area contributed by atoms with Gasteiger partial charge in [-0.1, -0.05) is 5.92 Å². The molecule has 11 heavy (non-hydrogen) atoms. The molecule has 0 aromatic heterocycles. The summed E-state index contributed by atoms with van der Waals surface area (Å²) >= 11 is 0. The van der Waals surface area contributed by atoms with Gasteiger partial charge < -0.3 is 4.74 Å². The van der Waals surface area contributed by atoms with Crippen molar-refractivity contribution < 1.29 is 4.74 Å². The Labute approximate surface area is 68.1 Å². The molecule has 1 saturated carbocycles. The molecule has 58 valence electrons. The lowest BCUT2D eigenvalue weighted by Gasteiger charge is -2.30. The van der Waals surface area contributed by atoms with Crippen molar-refractivity contribution in [2.24, 2.45) is 11.8 Å². The third-order valence-electron chi connectivity index (χ3n) is 1.99. The fourth-order valence-electron chi connectivity index (χ4n) is 1.37. The Morgan fingerprint density at radius 3 is 2.82 bits per heavy atom. The fourth-order valence-corrected chi connectivity index (χ4v) is 1.37. The molecule has 0 atom stereocenters. The second-order valence-corrected chi connectivity index (χ2v) is 2.90. The van der Waals surface area contributed by atoms with Crippen LogP contribution in [0.2, 0.25) is 0 Å². The summed E-state index contributed by atoms with van der Waals surface area (Å²) in [6.07, 6.45) is 7.31. The first-order chi connectivity index (χ1) is 5.36. The smallest absolute Gasteiger partial charge is 0.0491 e. The lowest BCUT2D eigenvalue weighted by molar-refractivity contribution is 0.0923. The minimum absolute atomic E-state index is 0.534. The highest BCUT2D eigenvalue weighted by Gasteiger charge is 2.27. The lowest BCUT2D eigenvalue weighted by atomic mass is 9.76. The molecule has 1 rings (SSSR count). The lowest BCUT2D eigenvalue weighted by Crippen LogP contribution is -2.25. The van der Waals surface area contributed by atoms with E-state index in [1.54, 1.807) is 7.11 Å². The van der Waals surface area contributed by atoms with Gasteiger partial charge in [0.1, 0.15) is 0 Å². The second-order valence-electron chi connectivity index (χ2n) is 2.90. The first-order valence-electron chi connectivity index (χ1n) is 3.82. The molecule has 0 spiro atoms.